The van der Waals surface area contributed by atoms with Crippen molar-refractivity contribution in [2.45, 2.75) is 46.6 Å². The largest absolute Gasteiger partial charge is 0.507 e. The Morgan fingerprint density at radius 1 is 1.17 bits per heavy atom. The molecule has 0 spiro atoms. The molecule has 9 nitrogen and oxygen atoms in total. The summed E-state index contributed by atoms with van der Waals surface area (Å²) in [6, 6.07) is 5.86. The molecule has 184 valence electrons. The zero-order valence-corrected chi connectivity index (χ0v) is 20.5. The van der Waals surface area contributed by atoms with Crippen molar-refractivity contribution >= 4 is 28.4 Å². The van der Waals surface area contributed by atoms with Gasteiger partial charge in [0.05, 0.1) is 28.7 Å². The number of aromatic hydroxyl groups is 2. The number of ether oxygens (including phenoxy) is 1. The standard InChI is InChI=1S/C27H25N3O6/c1-11-6-7-15-16(8-11)30-19(29-15)10-28-13(3)20-17(32)9-18-27(5,26(20)35)22-24(34)12(2)23(33)21(14(4)31)25(22)36-18/h6-9,28,33-34H,10H2,1-5H3,(H,29,30)/b20-13+. The number of phenolic OH excluding ortho intramolecular Hbond substituents is 2. The first-order valence-electron chi connectivity index (χ1n) is 11.4. The van der Waals surface area contributed by atoms with Crippen LogP contribution in [0.25, 0.3) is 11.0 Å². The van der Waals surface area contributed by atoms with E-state index in [0.29, 0.717) is 11.5 Å². The van der Waals surface area contributed by atoms with Crippen LogP contribution < -0.4 is 10.1 Å². The molecule has 0 radical (unpaired) electrons. The Balaban J connectivity index is 1.56. The molecule has 1 unspecified atom stereocenters. The Morgan fingerprint density at radius 3 is 2.58 bits per heavy atom. The summed E-state index contributed by atoms with van der Waals surface area (Å²) in [6.45, 7) is 8.09. The highest BCUT2D eigenvalue weighted by atomic mass is 16.5. The maximum absolute atomic E-state index is 13.8. The van der Waals surface area contributed by atoms with E-state index >= 15 is 0 Å². The Hall–Kier alpha value is -4.40. The number of nitrogens with one attached hydrogen (secondary N) is 2. The van der Waals surface area contributed by atoms with Gasteiger partial charge in [0.2, 0.25) is 0 Å². The van der Waals surface area contributed by atoms with Gasteiger partial charge in [0.15, 0.2) is 17.3 Å². The number of imidazole rings is 1. The molecule has 4 N–H and O–H groups in total. The maximum atomic E-state index is 13.8. The highest BCUT2D eigenvalue weighted by molar-refractivity contribution is 6.31. The smallest absolute Gasteiger partial charge is 0.194 e. The zero-order chi connectivity index (χ0) is 26.1. The van der Waals surface area contributed by atoms with E-state index in [0.717, 1.165) is 16.6 Å². The summed E-state index contributed by atoms with van der Waals surface area (Å²) in [6.07, 6.45) is 1.20. The first-order valence-corrected chi connectivity index (χ1v) is 11.4. The maximum Gasteiger partial charge on any atom is 0.194 e. The van der Waals surface area contributed by atoms with Crippen molar-refractivity contribution in [3.8, 4) is 17.2 Å². The summed E-state index contributed by atoms with van der Waals surface area (Å²) in [4.78, 5) is 46.9. The molecular weight excluding hydrogens is 462 g/mol. The van der Waals surface area contributed by atoms with Gasteiger partial charge in [0.25, 0.3) is 0 Å². The van der Waals surface area contributed by atoms with Crippen molar-refractivity contribution in [1.82, 2.24) is 15.3 Å². The number of Topliss-reactive ketones (excluding diaryl/α,β-unsaturated/α-hetero) is 2. The molecule has 0 fully saturated rings. The van der Waals surface area contributed by atoms with Crippen LogP contribution in [0.15, 0.2) is 41.3 Å². The highest BCUT2D eigenvalue weighted by Crippen LogP contribution is 2.57. The number of hydrogen-bond donors (Lipinski definition) is 4. The van der Waals surface area contributed by atoms with E-state index < -0.39 is 28.5 Å². The van der Waals surface area contributed by atoms with Crippen LogP contribution in [0.4, 0.5) is 0 Å². The molecule has 2 aliphatic rings. The summed E-state index contributed by atoms with van der Waals surface area (Å²) in [7, 11) is 0. The van der Waals surface area contributed by atoms with Gasteiger partial charge in [-0.15, -0.1) is 0 Å². The summed E-state index contributed by atoms with van der Waals surface area (Å²) >= 11 is 0. The van der Waals surface area contributed by atoms with Crippen molar-refractivity contribution in [3.05, 3.63) is 69.4 Å². The number of aromatic nitrogens is 2. The number of ketones is 3. The number of carbonyl (C=O) groups excluding carboxylic acids is 3. The van der Waals surface area contributed by atoms with Gasteiger partial charge < -0.3 is 25.3 Å². The normalized spacial score (nSPS) is 20.1. The second-order valence-corrected chi connectivity index (χ2v) is 9.44. The molecule has 0 saturated heterocycles. The third-order valence-electron chi connectivity index (χ3n) is 6.97. The van der Waals surface area contributed by atoms with Crippen LogP contribution in [-0.2, 0) is 21.5 Å². The van der Waals surface area contributed by atoms with Crippen molar-refractivity contribution < 1.29 is 29.3 Å². The van der Waals surface area contributed by atoms with E-state index in [1.807, 2.05) is 25.1 Å². The van der Waals surface area contributed by atoms with E-state index in [-0.39, 0.29) is 46.1 Å². The molecule has 2 aromatic carbocycles. The number of carbonyl (C=O) groups is 3. The second kappa shape index (κ2) is 7.81. The molecule has 1 aliphatic heterocycles. The number of fused-ring (bicyclic) bond motifs is 4. The number of H-pyrrole nitrogens is 1. The molecule has 3 aromatic rings. The zero-order valence-electron chi connectivity index (χ0n) is 20.5. The van der Waals surface area contributed by atoms with Gasteiger partial charge in [0, 0.05) is 17.3 Å². The van der Waals surface area contributed by atoms with Crippen LogP contribution in [0, 0.1) is 13.8 Å². The molecule has 0 saturated carbocycles. The lowest BCUT2D eigenvalue weighted by Gasteiger charge is -2.29. The quantitative estimate of drug-likeness (QED) is 0.249. The fraction of sp³-hybridized carbons (Fsp3) is 0.259. The first-order chi connectivity index (χ1) is 16.9. The second-order valence-electron chi connectivity index (χ2n) is 9.44. The first kappa shape index (κ1) is 23.3. The summed E-state index contributed by atoms with van der Waals surface area (Å²) in [5, 5.41) is 24.5. The lowest BCUT2D eigenvalue weighted by molar-refractivity contribution is -0.123. The van der Waals surface area contributed by atoms with E-state index in [9.17, 15) is 24.6 Å². The average molecular weight is 488 g/mol. The van der Waals surface area contributed by atoms with Gasteiger partial charge in [-0.25, -0.2) is 4.98 Å². The minimum atomic E-state index is -1.55. The van der Waals surface area contributed by atoms with Gasteiger partial charge in [-0.3, -0.25) is 14.4 Å². The van der Waals surface area contributed by atoms with Crippen LogP contribution >= 0.6 is 0 Å². The van der Waals surface area contributed by atoms with Crippen molar-refractivity contribution in [2.24, 2.45) is 0 Å². The van der Waals surface area contributed by atoms with Crippen molar-refractivity contribution in [2.75, 3.05) is 0 Å². The summed E-state index contributed by atoms with van der Waals surface area (Å²) in [5.74, 6) is -1.89. The molecule has 5 rings (SSSR count). The lowest BCUT2D eigenvalue weighted by atomic mass is 9.70. The monoisotopic (exact) mass is 487 g/mol. The fourth-order valence-electron chi connectivity index (χ4n) is 4.93. The molecule has 2 heterocycles. The number of phenols is 2. The van der Waals surface area contributed by atoms with Crippen LogP contribution in [0.5, 0.6) is 17.2 Å². The fourth-order valence-corrected chi connectivity index (χ4v) is 4.93. The summed E-state index contributed by atoms with van der Waals surface area (Å²) < 4.78 is 5.79. The number of nitrogens with zero attached hydrogens (tertiary/aromatic N) is 1. The molecule has 1 aromatic heterocycles. The molecule has 0 amide bonds. The minimum Gasteiger partial charge on any atom is -0.507 e. The van der Waals surface area contributed by atoms with E-state index in [1.165, 1.54) is 26.8 Å². The summed E-state index contributed by atoms with van der Waals surface area (Å²) in [5.41, 5.74) is 1.47. The third-order valence-corrected chi connectivity index (χ3v) is 6.97. The van der Waals surface area contributed by atoms with Gasteiger partial charge >= 0.3 is 0 Å². The topological polar surface area (TPSA) is 142 Å². The predicted molar refractivity (Wildman–Crippen MR) is 131 cm³/mol. The number of allylic oxidation sites excluding steroid dienone is 4. The number of rotatable bonds is 4. The molecule has 1 aliphatic carbocycles. The molecular formula is C27H25N3O6. The van der Waals surface area contributed by atoms with Gasteiger partial charge in [-0.2, -0.15) is 0 Å². The number of aryl methyl sites for hydroxylation is 1. The van der Waals surface area contributed by atoms with Crippen LogP contribution in [0.2, 0.25) is 0 Å². The average Bonchev–Trinajstić information content (AvgIpc) is 3.34. The molecule has 0 bridgehead atoms. The van der Waals surface area contributed by atoms with Crippen molar-refractivity contribution in [1.29, 1.82) is 0 Å². The van der Waals surface area contributed by atoms with Crippen LogP contribution in [-0.4, -0.2) is 37.5 Å². The van der Waals surface area contributed by atoms with E-state index in [2.05, 4.69) is 15.3 Å². The Bertz CT molecular complexity index is 1590. The minimum absolute atomic E-state index is 0.000459. The van der Waals surface area contributed by atoms with Crippen molar-refractivity contribution in [3.63, 3.8) is 0 Å². The SMILES string of the molecule is CC(=O)c1c(O)c(C)c(O)c2c1OC1=CC(=O)/C(=C(/C)NCc3nc4ccc(C)cc4[nH]3)C(=O)C12C. The number of aromatic amines is 1. The number of benzene rings is 2. The molecule has 1 atom stereocenters. The van der Waals surface area contributed by atoms with E-state index in [4.69, 9.17) is 4.74 Å². The number of hydrogen-bond acceptors (Lipinski definition) is 8. The molecule has 36 heavy (non-hydrogen) atoms. The van der Waals surface area contributed by atoms with Crippen LogP contribution in [0.1, 0.15) is 53.6 Å². The van der Waals surface area contributed by atoms with Gasteiger partial charge in [0.1, 0.15) is 39.8 Å². The van der Waals surface area contributed by atoms with Crippen LogP contribution in [0.3, 0.4) is 0 Å². The third kappa shape index (κ3) is 3.16. The van der Waals surface area contributed by atoms with Gasteiger partial charge in [-0.05, 0) is 52.3 Å². The van der Waals surface area contributed by atoms with Gasteiger partial charge in [-0.1, -0.05) is 6.07 Å². The lowest BCUT2D eigenvalue weighted by Crippen LogP contribution is -2.41. The molecule has 9 heteroatoms. The Morgan fingerprint density at radius 2 is 1.89 bits per heavy atom. The Kier molecular flexibility index (Phi) is 5.06. The predicted octanol–water partition coefficient (Wildman–Crippen LogP) is 3.54. The Labute approximate surface area is 206 Å². The highest BCUT2D eigenvalue weighted by Gasteiger charge is 2.56. The van der Waals surface area contributed by atoms with E-state index in [1.54, 1.807) is 6.92 Å².